The number of aliphatic hydroxyl groups excluding tert-OH is 1. The number of amides is 1. The second-order valence-corrected chi connectivity index (χ2v) is 8.28. The molecule has 0 saturated carbocycles. The molecule has 1 aliphatic rings. The van der Waals surface area contributed by atoms with Crippen LogP contribution in [-0.2, 0) is 4.74 Å². The Morgan fingerprint density at radius 1 is 1.29 bits per heavy atom. The van der Waals surface area contributed by atoms with Crippen LogP contribution in [0.3, 0.4) is 0 Å². The van der Waals surface area contributed by atoms with Crippen molar-refractivity contribution in [2.75, 3.05) is 19.6 Å². The van der Waals surface area contributed by atoms with Gasteiger partial charge in [0.1, 0.15) is 17.5 Å². The number of nitrogens with zero attached hydrogens (tertiary/aromatic N) is 1. The lowest BCUT2D eigenvalue weighted by Gasteiger charge is -2.40. The van der Waals surface area contributed by atoms with Gasteiger partial charge in [0.25, 0.3) is 0 Å². The van der Waals surface area contributed by atoms with Crippen LogP contribution in [0.4, 0.5) is 4.79 Å². The first kappa shape index (κ1) is 20.4. The predicted molar refractivity (Wildman–Crippen MR) is 107 cm³/mol. The lowest BCUT2D eigenvalue weighted by atomic mass is 9.85. The van der Waals surface area contributed by atoms with Crippen molar-refractivity contribution in [3.63, 3.8) is 0 Å². The molecule has 1 aliphatic heterocycles. The average Bonchev–Trinajstić information content (AvgIpc) is 3.20. The van der Waals surface area contributed by atoms with Crippen LogP contribution in [-0.4, -0.2) is 47.4 Å². The Morgan fingerprint density at radius 3 is 2.68 bits per heavy atom. The van der Waals surface area contributed by atoms with E-state index >= 15 is 0 Å². The topological polar surface area (TPSA) is 74.9 Å². The molecule has 1 aromatic heterocycles. The fourth-order valence-electron chi connectivity index (χ4n) is 3.59. The number of nitrogens with one attached hydrogen (secondary N) is 1. The quantitative estimate of drug-likeness (QED) is 0.820. The highest BCUT2D eigenvalue weighted by Gasteiger charge is 2.34. The van der Waals surface area contributed by atoms with E-state index in [1.807, 2.05) is 39.0 Å². The summed E-state index contributed by atoms with van der Waals surface area (Å²) < 4.78 is 10.8. The molecule has 3 unspecified atom stereocenters. The van der Waals surface area contributed by atoms with Gasteiger partial charge in [-0.25, -0.2) is 4.79 Å². The van der Waals surface area contributed by atoms with Crippen LogP contribution < -0.4 is 5.32 Å². The Labute approximate surface area is 166 Å². The monoisotopic (exact) mass is 386 g/mol. The zero-order chi connectivity index (χ0) is 20.1. The Kier molecular flexibility index (Phi) is 6.42. The maximum Gasteiger partial charge on any atom is 0.410 e. The van der Waals surface area contributed by atoms with Gasteiger partial charge in [-0.1, -0.05) is 30.3 Å². The Morgan fingerprint density at radius 2 is 2.04 bits per heavy atom. The summed E-state index contributed by atoms with van der Waals surface area (Å²) in [6.45, 7) is 7.14. The minimum atomic E-state index is -0.733. The Hall–Kier alpha value is -2.31. The van der Waals surface area contributed by atoms with Gasteiger partial charge in [0, 0.05) is 31.6 Å². The molecule has 2 heterocycles. The lowest BCUT2D eigenvalue weighted by molar-refractivity contribution is 0.0164. The third kappa shape index (κ3) is 5.36. The van der Waals surface area contributed by atoms with Crippen LogP contribution in [0, 0.1) is 0 Å². The number of aliphatic hydroxyl groups is 1. The summed E-state index contributed by atoms with van der Waals surface area (Å²) in [6.07, 6.45) is 1.36. The minimum absolute atomic E-state index is 0.00767. The highest BCUT2D eigenvalue weighted by atomic mass is 16.6. The molecular weight excluding hydrogens is 356 g/mol. The first-order valence-corrected chi connectivity index (χ1v) is 9.81. The Balaban J connectivity index is 1.70. The molecule has 0 radical (unpaired) electrons. The number of rotatable bonds is 5. The van der Waals surface area contributed by atoms with Crippen molar-refractivity contribution in [3.05, 3.63) is 60.1 Å². The molecule has 0 spiro atoms. The fourth-order valence-corrected chi connectivity index (χ4v) is 3.59. The summed E-state index contributed by atoms with van der Waals surface area (Å²) in [5.74, 6) is 0.784. The molecule has 6 heteroatoms. The lowest BCUT2D eigenvalue weighted by Crippen LogP contribution is -2.53. The van der Waals surface area contributed by atoms with Crippen molar-refractivity contribution in [3.8, 4) is 0 Å². The first-order chi connectivity index (χ1) is 13.3. The van der Waals surface area contributed by atoms with Gasteiger partial charge in [0.15, 0.2) is 0 Å². The molecule has 2 aromatic rings. The van der Waals surface area contributed by atoms with E-state index in [0.717, 1.165) is 6.42 Å². The fraction of sp³-hybridized carbons (Fsp3) is 0.500. The molecule has 1 fully saturated rings. The summed E-state index contributed by atoms with van der Waals surface area (Å²) in [5, 5.41) is 13.8. The molecule has 1 amide bonds. The summed E-state index contributed by atoms with van der Waals surface area (Å²) in [5.41, 5.74) is 0.711. The van der Waals surface area contributed by atoms with Crippen molar-refractivity contribution in [2.45, 2.75) is 50.9 Å². The number of carbonyl (C=O) groups is 1. The van der Waals surface area contributed by atoms with Crippen LogP contribution in [0.25, 0.3) is 0 Å². The van der Waals surface area contributed by atoms with Crippen molar-refractivity contribution in [1.82, 2.24) is 10.2 Å². The van der Waals surface area contributed by atoms with E-state index < -0.39 is 11.7 Å². The molecule has 152 valence electrons. The van der Waals surface area contributed by atoms with Crippen LogP contribution >= 0.6 is 0 Å². The van der Waals surface area contributed by atoms with E-state index in [-0.39, 0.29) is 18.1 Å². The molecule has 6 nitrogen and oxygen atoms in total. The number of likely N-dealkylation sites (tertiary alicyclic amines) is 1. The van der Waals surface area contributed by atoms with Crippen molar-refractivity contribution in [1.29, 1.82) is 0 Å². The van der Waals surface area contributed by atoms with E-state index in [4.69, 9.17) is 9.15 Å². The summed E-state index contributed by atoms with van der Waals surface area (Å²) >= 11 is 0. The number of piperidine rings is 1. The van der Waals surface area contributed by atoms with Gasteiger partial charge in [0.2, 0.25) is 0 Å². The van der Waals surface area contributed by atoms with E-state index in [9.17, 15) is 9.90 Å². The number of carbonyl (C=O) groups excluding carboxylic acids is 1. The van der Waals surface area contributed by atoms with Crippen molar-refractivity contribution < 1.29 is 19.1 Å². The zero-order valence-corrected chi connectivity index (χ0v) is 16.8. The second-order valence-electron chi connectivity index (χ2n) is 8.28. The van der Waals surface area contributed by atoms with Gasteiger partial charge in [0.05, 0.1) is 6.26 Å². The highest BCUT2D eigenvalue weighted by molar-refractivity contribution is 5.68. The standard InChI is InChI=1S/C22H30N2O4/c1-22(2,3)28-21(26)24-12-11-17(16-8-5-4-6-9-16)18(15-24)23-14-19(25)20-10-7-13-27-20/h4-10,13,17-19,23,25H,11-12,14-15H2,1-3H3. The van der Waals surface area contributed by atoms with Crippen LogP contribution in [0.15, 0.2) is 53.1 Å². The minimum Gasteiger partial charge on any atom is -0.467 e. The molecule has 1 aromatic carbocycles. The second kappa shape index (κ2) is 8.80. The summed E-state index contributed by atoms with van der Waals surface area (Å²) in [4.78, 5) is 14.3. The molecule has 3 rings (SSSR count). The molecule has 2 N–H and O–H groups in total. The molecule has 3 atom stereocenters. The molecule has 0 bridgehead atoms. The van der Waals surface area contributed by atoms with E-state index in [1.54, 1.807) is 23.3 Å². The van der Waals surface area contributed by atoms with E-state index in [0.29, 0.717) is 25.4 Å². The van der Waals surface area contributed by atoms with Gasteiger partial charge in [-0.15, -0.1) is 0 Å². The van der Waals surface area contributed by atoms with Crippen molar-refractivity contribution >= 4 is 6.09 Å². The smallest absolute Gasteiger partial charge is 0.410 e. The number of ether oxygens (including phenoxy) is 1. The van der Waals surface area contributed by atoms with Gasteiger partial charge < -0.3 is 24.5 Å². The van der Waals surface area contributed by atoms with Gasteiger partial charge in [-0.3, -0.25) is 0 Å². The van der Waals surface area contributed by atoms with Crippen LogP contribution in [0.2, 0.25) is 0 Å². The molecule has 1 saturated heterocycles. The third-order valence-corrected chi connectivity index (χ3v) is 4.94. The normalized spacial score (nSPS) is 21.4. The third-order valence-electron chi connectivity index (χ3n) is 4.94. The van der Waals surface area contributed by atoms with Gasteiger partial charge in [-0.05, 0) is 44.9 Å². The van der Waals surface area contributed by atoms with E-state index in [1.165, 1.54) is 5.56 Å². The van der Waals surface area contributed by atoms with Gasteiger partial charge in [-0.2, -0.15) is 0 Å². The number of benzene rings is 1. The summed E-state index contributed by atoms with van der Waals surface area (Å²) in [7, 11) is 0. The molecule has 0 aliphatic carbocycles. The highest BCUT2D eigenvalue weighted by Crippen LogP contribution is 2.29. The van der Waals surface area contributed by atoms with E-state index in [2.05, 4.69) is 17.4 Å². The largest absolute Gasteiger partial charge is 0.467 e. The maximum absolute atomic E-state index is 12.5. The molecule has 28 heavy (non-hydrogen) atoms. The average molecular weight is 386 g/mol. The van der Waals surface area contributed by atoms with Gasteiger partial charge >= 0.3 is 6.09 Å². The number of hydrogen-bond acceptors (Lipinski definition) is 5. The number of furan rings is 1. The maximum atomic E-state index is 12.5. The summed E-state index contributed by atoms with van der Waals surface area (Å²) in [6, 6.07) is 13.8. The van der Waals surface area contributed by atoms with Crippen LogP contribution in [0.1, 0.15) is 50.5 Å². The Bertz CT molecular complexity index is 740. The van der Waals surface area contributed by atoms with Crippen molar-refractivity contribution in [2.24, 2.45) is 0 Å². The SMILES string of the molecule is CC(C)(C)OC(=O)N1CCC(c2ccccc2)C(NCC(O)c2ccco2)C1. The molecular formula is C22H30N2O4. The zero-order valence-electron chi connectivity index (χ0n) is 16.8. The number of hydrogen-bond donors (Lipinski definition) is 2. The predicted octanol–water partition coefficient (Wildman–Crippen LogP) is 3.70. The first-order valence-electron chi connectivity index (χ1n) is 9.81. The van der Waals surface area contributed by atoms with Crippen LogP contribution in [0.5, 0.6) is 0 Å².